The van der Waals surface area contributed by atoms with Gasteiger partial charge in [0.1, 0.15) is 0 Å². The van der Waals surface area contributed by atoms with Gasteiger partial charge in [-0.3, -0.25) is 14.5 Å². The van der Waals surface area contributed by atoms with Crippen LogP contribution in [0.1, 0.15) is 19.8 Å². The van der Waals surface area contributed by atoms with E-state index in [0.717, 1.165) is 4.90 Å². The van der Waals surface area contributed by atoms with Crippen LogP contribution in [0.3, 0.4) is 0 Å². The van der Waals surface area contributed by atoms with E-state index < -0.39 is 10.0 Å². The van der Waals surface area contributed by atoms with E-state index in [-0.39, 0.29) is 42.2 Å². The Labute approximate surface area is 129 Å². The zero-order valence-corrected chi connectivity index (χ0v) is 13.2. The SMILES string of the molecule is COC[C@H](C)NS(=O)(=O)c1ccc(N2C(=O)CCC2=O)cc1. The number of anilines is 1. The van der Waals surface area contributed by atoms with Gasteiger partial charge in [0.05, 0.1) is 17.2 Å². The third-order valence-electron chi connectivity index (χ3n) is 3.23. The second kappa shape index (κ2) is 6.55. The Balaban J connectivity index is 2.18. The maximum Gasteiger partial charge on any atom is 0.240 e. The van der Waals surface area contributed by atoms with Crippen molar-refractivity contribution in [2.45, 2.75) is 30.7 Å². The summed E-state index contributed by atoms with van der Waals surface area (Å²) in [5.74, 6) is -0.542. The summed E-state index contributed by atoms with van der Waals surface area (Å²) in [6.07, 6.45) is 0.379. The van der Waals surface area contributed by atoms with Gasteiger partial charge in [-0.05, 0) is 31.2 Å². The predicted octanol–water partition coefficient (Wildman–Crippen LogP) is 0.653. The van der Waals surface area contributed by atoms with E-state index in [4.69, 9.17) is 4.74 Å². The average Bonchev–Trinajstić information content (AvgIpc) is 2.78. The zero-order chi connectivity index (χ0) is 16.3. The fraction of sp³-hybridized carbons (Fsp3) is 0.429. The second-order valence-electron chi connectivity index (χ2n) is 5.09. The lowest BCUT2D eigenvalue weighted by atomic mass is 10.3. The van der Waals surface area contributed by atoms with Crippen molar-refractivity contribution in [2.24, 2.45) is 0 Å². The second-order valence-corrected chi connectivity index (χ2v) is 6.81. The van der Waals surface area contributed by atoms with E-state index in [1.165, 1.54) is 31.4 Å². The molecular formula is C14H18N2O5S. The van der Waals surface area contributed by atoms with Crippen LogP contribution in [-0.4, -0.2) is 40.0 Å². The smallest absolute Gasteiger partial charge is 0.240 e. The summed E-state index contributed by atoms with van der Waals surface area (Å²) in [4.78, 5) is 24.4. The Morgan fingerprint density at radius 2 is 1.73 bits per heavy atom. The molecule has 1 N–H and O–H groups in total. The number of nitrogens with zero attached hydrogens (tertiary/aromatic N) is 1. The molecule has 2 rings (SSSR count). The molecular weight excluding hydrogens is 308 g/mol. The van der Waals surface area contributed by atoms with Crippen molar-refractivity contribution < 1.29 is 22.7 Å². The van der Waals surface area contributed by atoms with Gasteiger partial charge in [0, 0.05) is 26.0 Å². The Hall–Kier alpha value is -1.77. The van der Waals surface area contributed by atoms with Crippen LogP contribution in [0.15, 0.2) is 29.2 Å². The van der Waals surface area contributed by atoms with Crippen molar-refractivity contribution in [3.8, 4) is 0 Å². The monoisotopic (exact) mass is 326 g/mol. The number of benzene rings is 1. The number of imide groups is 1. The molecule has 1 atom stereocenters. The van der Waals surface area contributed by atoms with Gasteiger partial charge in [0.25, 0.3) is 0 Å². The first-order valence-corrected chi connectivity index (χ1v) is 8.30. The molecule has 0 radical (unpaired) electrons. The molecule has 1 aromatic rings. The maximum atomic E-state index is 12.2. The molecule has 1 fully saturated rings. The van der Waals surface area contributed by atoms with Gasteiger partial charge >= 0.3 is 0 Å². The van der Waals surface area contributed by atoms with Crippen molar-refractivity contribution >= 4 is 27.5 Å². The number of carbonyl (C=O) groups excluding carboxylic acids is 2. The van der Waals surface area contributed by atoms with Crippen LogP contribution in [0.25, 0.3) is 0 Å². The molecule has 0 spiro atoms. The quantitative estimate of drug-likeness (QED) is 0.775. The molecule has 0 saturated carbocycles. The summed E-state index contributed by atoms with van der Waals surface area (Å²) < 4.78 is 31.7. The molecule has 8 heteroatoms. The van der Waals surface area contributed by atoms with Gasteiger partial charge in [0.15, 0.2) is 0 Å². The van der Waals surface area contributed by atoms with Crippen LogP contribution in [0.4, 0.5) is 5.69 Å². The van der Waals surface area contributed by atoms with Gasteiger partial charge in [-0.2, -0.15) is 0 Å². The summed E-state index contributed by atoms with van der Waals surface area (Å²) in [7, 11) is -2.18. The molecule has 0 bridgehead atoms. The summed E-state index contributed by atoms with van der Waals surface area (Å²) in [5, 5.41) is 0. The summed E-state index contributed by atoms with van der Waals surface area (Å²) in [6, 6.07) is 5.29. The van der Waals surface area contributed by atoms with E-state index in [2.05, 4.69) is 4.72 Å². The summed E-state index contributed by atoms with van der Waals surface area (Å²) in [5.41, 5.74) is 0.386. The highest BCUT2D eigenvalue weighted by Gasteiger charge is 2.30. The van der Waals surface area contributed by atoms with Gasteiger partial charge < -0.3 is 4.74 Å². The van der Waals surface area contributed by atoms with Crippen molar-refractivity contribution in [1.82, 2.24) is 4.72 Å². The minimum atomic E-state index is -3.67. The van der Waals surface area contributed by atoms with Crippen LogP contribution in [0.5, 0.6) is 0 Å². The van der Waals surface area contributed by atoms with Gasteiger partial charge in [-0.25, -0.2) is 13.1 Å². The molecule has 1 aromatic carbocycles. The number of methoxy groups -OCH3 is 1. The van der Waals surface area contributed by atoms with Gasteiger partial charge in [0.2, 0.25) is 21.8 Å². The fourth-order valence-electron chi connectivity index (χ4n) is 2.26. The molecule has 0 unspecified atom stereocenters. The minimum absolute atomic E-state index is 0.0679. The maximum absolute atomic E-state index is 12.2. The first kappa shape index (κ1) is 16.6. The van der Waals surface area contributed by atoms with Crippen LogP contribution in [0, 0.1) is 0 Å². The van der Waals surface area contributed by atoms with E-state index in [1.807, 2.05) is 0 Å². The Morgan fingerprint density at radius 3 is 2.23 bits per heavy atom. The zero-order valence-electron chi connectivity index (χ0n) is 12.4. The van der Waals surface area contributed by atoms with Crippen LogP contribution in [0.2, 0.25) is 0 Å². The molecule has 1 aliphatic rings. The highest BCUT2D eigenvalue weighted by Crippen LogP contribution is 2.23. The largest absolute Gasteiger partial charge is 0.383 e. The Bertz CT molecular complexity index is 653. The molecule has 1 saturated heterocycles. The number of rotatable bonds is 6. The number of carbonyl (C=O) groups is 2. The van der Waals surface area contributed by atoms with E-state index in [1.54, 1.807) is 6.92 Å². The lowest BCUT2D eigenvalue weighted by Gasteiger charge is -2.16. The number of hydrogen-bond donors (Lipinski definition) is 1. The first-order chi connectivity index (χ1) is 10.3. The predicted molar refractivity (Wildman–Crippen MR) is 79.8 cm³/mol. The fourth-order valence-corrected chi connectivity index (χ4v) is 3.48. The molecule has 1 heterocycles. The van der Waals surface area contributed by atoms with E-state index in [9.17, 15) is 18.0 Å². The summed E-state index contributed by atoms with van der Waals surface area (Å²) in [6.45, 7) is 1.95. The molecule has 7 nitrogen and oxygen atoms in total. The normalized spacial score (nSPS) is 17.1. The average molecular weight is 326 g/mol. The lowest BCUT2D eigenvalue weighted by molar-refractivity contribution is -0.121. The molecule has 120 valence electrons. The molecule has 22 heavy (non-hydrogen) atoms. The Kier molecular flexibility index (Phi) is 4.94. The van der Waals surface area contributed by atoms with E-state index >= 15 is 0 Å². The topological polar surface area (TPSA) is 92.8 Å². The van der Waals surface area contributed by atoms with Gasteiger partial charge in [-0.15, -0.1) is 0 Å². The third-order valence-corrected chi connectivity index (χ3v) is 4.84. The number of ether oxygens (including phenoxy) is 1. The Morgan fingerprint density at radius 1 is 1.18 bits per heavy atom. The number of sulfonamides is 1. The van der Waals surface area contributed by atoms with Crippen molar-refractivity contribution in [3.05, 3.63) is 24.3 Å². The molecule has 1 aliphatic heterocycles. The van der Waals surface area contributed by atoms with Crippen molar-refractivity contribution in [1.29, 1.82) is 0 Å². The van der Waals surface area contributed by atoms with Crippen molar-refractivity contribution in [2.75, 3.05) is 18.6 Å². The minimum Gasteiger partial charge on any atom is -0.383 e. The first-order valence-electron chi connectivity index (χ1n) is 6.82. The van der Waals surface area contributed by atoms with Gasteiger partial charge in [-0.1, -0.05) is 0 Å². The lowest BCUT2D eigenvalue weighted by Crippen LogP contribution is -2.35. The number of nitrogens with one attached hydrogen (secondary N) is 1. The summed E-state index contributed by atoms with van der Waals surface area (Å²) >= 11 is 0. The third kappa shape index (κ3) is 3.52. The van der Waals surface area contributed by atoms with Crippen molar-refractivity contribution in [3.63, 3.8) is 0 Å². The van der Waals surface area contributed by atoms with Crippen LogP contribution >= 0.6 is 0 Å². The standard InChI is InChI=1S/C14H18N2O5S/c1-10(9-21-2)15-22(19,20)12-5-3-11(4-6-12)16-13(17)7-8-14(16)18/h3-6,10,15H,7-9H2,1-2H3/t10-/m0/s1. The highest BCUT2D eigenvalue weighted by molar-refractivity contribution is 7.89. The number of amides is 2. The highest BCUT2D eigenvalue weighted by atomic mass is 32.2. The molecule has 0 aromatic heterocycles. The molecule has 2 amide bonds. The van der Waals surface area contributed by atoms with Crippen LogP contribution < -0.4 is 9.62 Å². The van der Waals surface area contributed by atoms with E-state index in [0.29, 0.717) is 5.69 Å². The molecule has 0 aliphatic carbocycles. The number of hydrogen-bond acceptors (Lipinski definition) is 5. The van der Waals surface area contributed by atoms with Crippen LogP contribution in [-0.2, 0) is 24.3 Å².